The molecule has 6 nitrogen and oxygen atoms in total. The van der Waals surface area contributed by atoms with E-state index in [0.29, 0.717) is 26.2 Å². The van der Waals surface area contributed by atoms with Gasteiger partial charge in [0.25, 0.3) is 0 Å². The number of ether oxygens (including phenoxy) is 1. The molecule has 0 spiro atoms. The maximum Gasteiger partial charge on any atom is 0.211 e. The van der Waals surface area contributed by atoms with Crippen LogP contribution in [0.1, 0.15) is 17.2 Å². The number of nitrogens with zero attached hydrogens (tertiary/aromatic N) is 2. The molecule has 1 fully saturated rings. The molecule has 1 atom stereocenters. The van der Waals surface area contributed by atoms with Gasteiger partial charge in [0.15, 0.2) is 0 Å². The monoisotopic (exact) mass is 417 g/mol. The van der Waals surface area contributed by atoms with Crippen molar-refractivity contribution in [2.45, 2.75) is 12.5 Å². The molecule has 0 bridgehead atoms. The van der Waals surface area contributed by atoms with Gasteiger partial charge in [0.2, 0.25) is 10.0 Å². The van der Waals surface area contributed by atoms with Gasteiger partial charge in [-0.15, -0.1) is 0 Å². The molecule has 1 saturated heterocycles. The number of nitrogens with one attached hydrogen (secondary N) is 1. The van der Waals surface area contributed by atoms with Crippen LogP contribution in [0.25, 0.3) is 0 Å². The minimum atomic E-state index is -3.36. The molecular formula is C22H31N3O3S. The first kappa shape index (κ1) is 21.8. The normalized spacial score (nSPS) is 16.5. The predicted molar refractivity (Wildman–Crippen MR) is 118 cm³/mol. The summed E-state index contributed by atoms with van der Waals surface area (Å²) >= 11 is 0. The van der Waals surface area contributed by atoms with Crippen molar-refractivity contribution in [2.24, 2.45) is 0 Å². The molecule has 1 heterocycles. The van der Waals surface area contributed by atoms with Gasteiger partial charge in [-0.3, -0.25) is 4.90 Å². The van der Waals surface area contributed by atoms with E-state index in [2.05, 4.69) is 38.8 Å². The molecule has 0 radical (unpaired) electrons. The van der Waals surface area contributed by atoms with Crippen molar-refractivity contribution in [3.8, 4) is 0 Å². The van der Waals surface area contributed by atoms with Crippen LogP contribution in [0.2, 0.25) is 0 Å². The summed E-state index contributed by atoms with van der Waals surface area (Å²) in [4.78, 5) is 4.35. The fourth-order valence-electron chi connectivity index (χ4n) is 3.52. The van der Waals surface area contributed by atoms with Gasteiger partial charge in [0.1, 0.15) is 0 Å². The third kappa shape index (κ3) is 6.54. The summed E-state index contributed by atoms with van der Waals surface area (Å²) in [5, 5.41) is 0. The third-order valence-electron chi connectivity index (χ3n) is 5.28. The van der Waals surface area contributed by atoms with Crippen LogP contribution < -0.4 is 9.62 Å². The van der Waals surface area contributed by atoms with E-state index in [1.165, 1.54) is 0 Å². The lowest BCUT2D eigenvalue weighted by Crippen LogP contribution is -2.44. The van der Waals surface area contributed by atoms with Crippen LogP contribution in [0, 0.1) is 0 Å². The Labute approximate surface area is 174 Å². The molecule has 1 N–H and O–H groups in total. The van der Waals surface area contributed by atoms with Gasteiger partial charge in [-0.05, 0) is 29.7 Å². The summed E-state index contributed by atoms with van der Waals surface area (Å²) in [6.45, 7) is 3.30. The third-order valence-corrected chi connectivity index (χ3v) is 6.63. The van der Waals surface area contributed by atoms with E-state index in [0.717, 1.165) is 29.9 Å². The Morgan fingerprint density at radius 2 is 1.69 bits per heavy atom. The summed E-state index contributed by atoms with van der Waals surface area (Å²) < 4.78 is 33.5. The SMILES string of the molecule is CN(C)c1ccc([C@H](CNS(=O)(=O)CCc2ccccc2)N2CCOCC2)cc1. The zero-order valence-corrected chi connectivity index (χ0v) is 18.1. The van der Waals surface area contributed by atoms with E-state index in [1.807, 2.05) is 44.4 Å². The maximum absolute atomic E-state index is 12.6. The molecule has 2 aromatic rings. The molecule has 3 rings (SSSR count). The average molecular weight is 418 g/mol. The first-order valence-electron chi connectivity index (χ1n) is 10.0. The molecule has 1 aliphatic heterocycles. The Morgan fingerprint density at radius 1 is 1.03 bits per heavy atom. The van der Waals surface area contributed by atoms with Crippen molar-refractivity contribution >= 4 is 15.7 Å². The van der Waals surface area contributed by atoms with E-state index in [1.54, 1.807) is 0 Å². The molecule has 0 unspecified atom stereocenters. The Bertz CT molecular complexity index is 849. The van der Waals surface area contributed by atoms with E-state index in [-0.39, 0.29) is 11.8 Å². The highest BCUT2D eigenvalue weighted by Crippen LogP contribution is 2.24. The summed E-state index contributed by atoms with van der Waals surface area (Å²) in [5.74, 6) is 0.0897. The number of sulfonamides is 1. The second-order valence-corrected chi connectivity index (χ2v) is 9.48. The van der Waals surface area contributed by atoms with Crippen LogP contribution in [-0.4, -0.2) is 66.0 Å². The van der Waals surface area contributed by atoms with Crippen molar-refractivity contribution in [1.82, 2.24) is 9.62 Å². The number of aryl methyl sites for hydroxylation is 1. The highest BCUT2D eigenvalue weighted by molar-refractivity contribution is 7.89. The summed E-state index contributed by atoms with van der Waals surface area (Å²) in [5.41, 5.74) is 3.27. The zero-order valence-electron chi connectivity index (χ0n) is 17.3. The molecule has 0 saturated carbocycles. The molecule has 7 heteroatoms. The van der Waals surface area contributed by atoms with Crippen LogP contribution in [0.4, 0.5) is 5.69 Å². The zero-order chi connectivity index (χ0) is 20.7. The molecular weight excluding hydrogens is 386 g/mol. The lowest BCUT2D eigenvalue weighted by atomic mass is 10.0. The van der Waals surface area contributed by atoms with Crippen molar-refractivity contribution in [3.05, 3.63) is 65.7 Å². The summed E-state index contributed by atoms with van der Waals surface area (Å²) in [7, 11) is 0.659. The summed E-state index contributed by atoms with van der Waals surface area (Å²) in [6, 6.07) is 18.0. The minimum absolute atomic E-state index is 0.0124. The fraction of sp³-hybridized carbons (Fsp3) is 0.455. The standard InChI is InChI=1S/C22H31N3O3S/c1-24(2)21-10-8-20(9-11-21)22(25-13-15-28-16-14-25)18-23-29(26,27)17-12-19-6-4-3-5-7-19/h3-11,22-23H,12-18H2,1-2H3/t22-/m0/s1. The number of benzene rings is 2. The van der Waals surface area contributed by atoms with E-state index >= 15 is 0 Å². The lowest BCUT2D eigenvalue weighted by Gasteiger charge is -2.35. The molecule has 2 aromatic carbocycles. The second kappa shape index (κ2) is 10.2. The van der Waals surface area contributed by atoms with E-state index in [4.69, 9.17) is 4.74 Å². The molecule has 0 amide bonds. The van der Waals surface area contributed by atoms with Crippen molar-refractivity contribution in [1.29, 1.82) is 0 Å². The minimum Gasteiger partial charge on any atom is -0.379 e. The Hall–Kier alpha value is -1.93. The number of morpholine rings is 1. The summed E-state index contributed by atoms with van der Waals surface area (Å²) in [6.07, 6.45) is 0.510. The Balaban J connectivity index is 1.67. The van der Waals surface area contributed by atoms with Crippen molar-refractivity contribution in [2.75, 3.05) is 57.6 Å². The van der Waals surface area contributed by atoms with Gasteiger partial charge in [-0.1, -0.05) is 42.5 Å². The molecule has 158 valence electrons. The van der Waals surface area contributed by atoms with Gasteiger partial charge >= 0.3 is 0 Å². The average Bonchev–Trinajstić information content (AvgIpc) is 2.74. The highest BCUT2D eigenvalue weighted by atomic mass is 32.2. The molecule has 29 heavy (non-hydrogen) atoms. The number of anilines is 1. The van der Waals surface area contributed by atoms with Gasteiger partial charge < -0.3 is 9.64 Å². The molecule has 1 aliphatic rings. The lowest BCUT2D eigenvalue weighted by molar-refractivity contribution is 0.0172. The van der Waals surface area contributed by atoms with Gasteiger partial charge in [-0.2, -0.15) is 0 Å². The van der Waals surface area contributed by atoms with Crippen LogP contribution in [-0.2, 0) is 21.2 Å². The largest absolute Gasteiger partial charge is 0.379 e. The van der Waals surface area contributed by atoms with Gasteiger partial charge in [-0.25, -0.2) is 13.1 Å². The van der Waals surface area contributed by atoms with Gasteiger partial charge in [0.05, 0.1) is 19.0 Å². The highest BCUT2D eigenvalue weighted by Gasteiger charge is 2.24. The van der Waals surface area contributed by atoms with Crippen LogP contribution in [0.15, 0.2) is 54.6 Å². The van der Waals surface area contributed by atoms with E-state index in [9.17, 15) is 8.42 Å². The smallest absolute Gasteiger partial charge is 0.211 e. The van der Waals surface area contributed by atoms with Crippen LogP contribution in [0.3, 0.4) is 0 Å². The fourth-order valence-corrected chi connectivity index (χ4v) is 4.58. The number of hydrogen-bond donors (Lipinski definition) is 1. The topological polar surface area (TPSA) is 61.9 Å². The first-order valence-corrected chi connectivity index (χ1v) is 11.7. The Morgan fingerprint density at radius 3 is 2.31 bits per heavy atom. The predicted octanol–water partition coefficient (Wildman–Crippen LogP) is 2.29. The van der Waals surface area contributed by atoms with Crippen LogP contribution >= 0.6 is 0 Å². The Kier molecular flexibility index (Phi) is 7.66. The van der Waals surface area contributed by atoms with Crippen molar-refractivity contribution < 1.29 is 13.2 Å². The first-order chi connectivity index (χ1) is 13.9. The number of rotatable bonds is 9. The second-order valence-electron chi connectivity index (χ2n) is 7.55. The van der Waals surface area contributed by atoms with Crippen molar-refractivity contribution in [3.63, 3.8) is 0 Å². The van der Waals surface area contributed by atoms with Gasteiger partial charge in [0, 0.05) is 45.5 Å². The number of hydrogen-bond acceptors (Lipinski definition) is 5. The maximum atomic E-state index is 12.6. The van der Waals surface area contributed by atoms with E-state index < -0.39 is 10.0 Å². The molecule has 0 aliphatic carbocycles. The quantitative estimate of drug-likeness (QED) is 0.678. The van der Waals surface area contributed by atoms with Crippen LogP contribution in [0.5, 0.6) is 0 Å². The molecule has 0 aromatic heterocycles.